The molecule has 0 aliphatic heterocycles. The van der Waals surface area contributed by atoms with Crippen LogP contribution in [0.2, 0.25) is 0 Å². The number of hydrogen-bond donors (Lipinski definition) is 0. The third kappa shape index (κ3) is 5.65. The van der Waals surface area contributed by atoms with Crippen LogP contribution >= 0.6 is 0 Å². The second kappa shape index (κ2) is 7.33. The Morgan fingerprint density at radius 2 is 1.14 bits per heavy atom. The maximum atomic E-state index is 9.22. The average Bonchev–Trinajstić information content (AvgIpc) is 2.49. The quantitative estimate of drug-likeness (QED) is 0.497. The summed E-state index contributed by atoms with van der Waals surface area (Å²) in [6.07, 6.45) is 0. The monoisotopic (exact) mass is 309 g/mol. The summed E-state index contributed by atoms with van der Waals surface area (Å²) in [4.78, 5) is 0. The second-order valence-electron chi connectivity index (χ2n) is 4.70. The molecule has 2 aromatic rings. The van der Waals surface area contributed by atoms with Crippen molar-refractivity contribution in [2.24, 2.45) is 0 Å². The third-order valence-corrected chi connectivity index (χ3v) is 3.42. The lowest BCUT2D eigenvalue weighted by Crippen LogP contribution is -2.33. The van der Waals surface area contributed by atoms with E-state index in [1.165, 1.54) is 11.4 Å². The van der Waals surface area contributed by atoms with Crippen molar-refractivity contribution in [2.45, 2.75) is 0 Å². The lowest BCUT2D eigenvalue weighted by molar-refractivity contribution is 0.314. The van der Waals surface area contributed by atoms with Gasteiger partial charge in [0.25, 0.3) is 0 Å². The zero-order valence-corrected chi connectivity index (χ0v) is 13.1. The fraction of sp³-hybridized carbons (Fsp3) is 0.200. The minimum Gasteiger partial charge on any atom is -0.726 e. The molecular weight excluding hydrogens is 290 g/mol. The van der Waals surface area contributed by atoms with Crippen LogP contribution in [0.1, 0.15) is 0 Å². The molecule has 0 aromatic heterocycles. The van der Waals surface area contributed by atoms with Crippen molar-refractivity contribution in [3.05, 3.63) is 60.7 Å². The first-order valence-electron chi connectivity index (χ1n) is 6.24. The maximum absolute atomic E-state index is 9.22. The van der Waals surface area contributed by atoms with Crippen molar-refractivity contribution >= 4 is 21.8 Å². The normalized spacial score (nSPS) is 11.4. The van der Waals surface area contributed by atoms with Gasteiger partial charge in [-0.15, -0.1) is 0 Å². The molecule has 114 valence electrons. The van der Waals surface area contributed by atoms with Crippen LogP contribution in [0.5, 0.6) is 0 Å². The minimum atomic E-state index is -4.41. The molecule has 2 rings (SSSR count). The van der Waals surface area contributed by atoms with Crippen LogP contribution in [0, 0.1) is 0 Å². The highest BCUT2D eigenvalue weighted by Crippen LogP contribution is 2.29. The molecule has 0 spiro atoms. The molecule has 0 N–H and O–H groups in total. The number of quaternary nitrogens is 1. The van der Waals surface area contributed by atoms with E-state index in [0.29, 0.717) is 0 Å². The average molecular weight is 309 g/mol. The summed E-state index contributed by atoms with van der Waals surface area (Å²) in [7, 11) is 0.794. The van der Waals surface area contributed by atoms with E-state index < -0.39 is 10.4 Å². The summed E-state index contributed by atoms with van der Waals surface area (Å²) < 4.78 is 31.8. The zero-order chi connectivity index (χ0) is 15.9. The van der Waals surface area contributed by atoms with Gasteiger partial charge in [0.05, 0.1) is 21.2 Å². The van der Waals surface area contributed by atoms with Gasteiger partial charge in [-0.2, -0.15) is 0 Å². The van der Waals surface area contributed by atoms with Gasteiger partial charge in [-0.3, -0.25) is 8.67 Å². The molecule has 0 bridgehead atoms. The Morgan fingerprint density at radius 1 is 0.857 bits per heavy atom. The summed E-state index contributed by atoms with van der Waals surface area (Å²) >= 11 is 0. The standard InChI is InChI=1S/C14H16N.CH4O4S/c1-15(2,13-9-5-3-6-10-13)14-11-7-4-8-12-14;1-5-6(2,3)4/h3-12H,1-2H3;1H3,(H,2,3,4)/q+1;/p-1. The summed E-state index contributed by atoms with van der Waals surface area (Å²) in [5.74, 6) is 0. The minimum absolute atomic E-state index is 0.779. The summed E-state index contributed by atoms with van der Waals surface area (Å²) in [5, 5.41) is 0. The van der Waals surface area contributed by atoms with Gasteiger partial charge in [0.15, 0.2) is 0 Å². The zero-order valence-electron chi connectivity index (χ0n) is 12.3. The Balaban J connectivity index is 0.000000315. The first-order valence-corrected chi connectivity index (χ1v) is 7.57. The van der Waals surface area contributed by atoms with Gasteiger partial charge in [-0.05, 0) is 24.3 Å². The number of para-hydroxylation sites is 2. The van der Waals surface area contributed by atoms with E-state index in [2.05, 4.69) is 78.9 Å². The highest BCUT2D eigenvalue weighted by Gasteiger charge is 2.20. The predicted octanol–water partition coefficient (Wildman–Crippen LogP) is 2.68. The molecule has 0 atom stereocenters. The van der Waals surface area contributed by atoms with Crippen molar-refractivity contribution in [2.75, 3.05) is 21.2 Å². The summed E-state index contributed by atoms with van der Waals surface area (Å²) in [6, 6.07) is 21.1. The lowest BCUT2D eigenvalue weighted by Gasteiger charge is -2.28. The molecule has 0 unspecified atom stereocenters. The fourth-order valence-corrected chi connectivity index (χ4v) is 1.75. The summed E-state index contributed by atoms with van der Waals surface area (Å²) in [6.45, 7) is 0. The van der Waals surface area contributed by atoms with Gasteiger partial charge in [-0.25, -0.2) is 8.42 Å². The number of hydrogen-bond acceptors (Lipinski definition) is 4. The van der Waals surface area contributed by atoms with Crippen LogP contribution in [-0.2, 0) is 14.6 Å². The molecule has 0 fully saturated rings. The van der Waals surface area contributed by atoms with E-state index >= 15 is 0 Å². The molecule has 0 radical (unpaired) electrons. The molecule has 0 aliphatic rings. The molecule has 0 amide bonds. The topological polar surface area (TPSA) is 66.4 Å². The smallest absolute Gasteiger partial charge is 0.217 e. The Labute approximate surface area is 126 Å². The molecule has 21 heavy (non-hydrogen) atoms. The second-order valence-corrected chi connectivity index (χ2v) is 5.85. The number of rotatable bonds is 3. The van der Waals surface area contributed by atoms with Crippen LogP contribution in [-0.4, -0.2) is 34.2 Å². The molecule has 5 nitrogen and oxygen atoms in total. The van der Waals surface area contributed by atoms with Gasteiger partial charge in [-0.1, -0.05) is 36.4 Å². The van der Waals surface area contributed by atoms with E-state index in [-0.39, 0.29) is 0 Å². The molecule has 0 saturated carbocycles. The van der Waals surface area contributed by atoms with Crippen molar-refractivity contribution < 1.29 is 17.2 Å². The molecule has 0 aliphatic carbocycles. The lowest BCUT2D eigenvalue weighted by atomic mass is 10.2. The van der Waals surface area contributed by atoms with E-state index in [1.807, 2.05) is 0 Å². The van der Waals surface area contributed by atoms with Crippen LogP contribution in [0.4, 0.5) is 11.4 Å². The maximum Gasteiger partial charge on any atom is 0.217 e. The van der Waals surface area contributed by atoms with Crippen molar-refractivity contribution in [1.82, 2.24) is 4.48 Å². The van der Waals surface area contributed by atoms with Gasteiger partial charge in [0.1, 0.15) is 11.4 Å². The molecule has 0 heterocycles. The first kappa shape index (κ1) is 17.3. The highest BCUT2D eigenvalue weighted by molar-refractivity contribution is 7.80. The third-order valence-electron chi connectivity index (χ3n) is 3.01. The molecule has 6 heteroatoms. The first-order chi connectivity index (χ1) is 9.77. The Hall–Kier alpha value is -1.73. The molecule has 2 aromatic carbocycles. The Morgan fingerprint density at radius 3 is 1.38 bits per heavy atom. The van der Waals surface area contributed by atoms with E-state index in [4.69, 9.17) is 0 Å². The molecular formula is C15H19NO4S. The van der Waals surface area contributed by atoms with Crippen LogP contribution in [0.25, 0.3) is 0 Å². The van der Waals surface area contributed by atoms with Crippen LogP contribution in [0.15, 0.2) is 60.7 Å². The SMILES string of the molecule is COS(=O)(=O)[O-].C[N+](C)(c1ccccc1)c1ccccc1. The Kier molecular flexibility index (Phi) is 6.04. The van der Waals surface area contributed by atoms with Gasteiger partial charge in [0, 0.05) is 0 Å². The van der Waals surface area contributed by atoms with Crippen molar-refractivity contribution in [3.63, 3.8) is 0 Å². The van der Waals surface area contributed by atoms with Gasteiger partial charge >= 0.3 is 0 Å². The number of benzene rings is 2. The predicted molar refractivity (Wildman–Crippen MR) is 82.9 cm³/mol. The number of nitrogens with zero attached hydrogens (tertiary/aromatic N) is 1. The fourth-order valence-electron chi connectivity index (χ4n) is 1.75. The van der Waals surface area contributed by atoms with E-state index in [0.717, 1.165) is 11.6 Å². The van der Waals surface area contributed by atoms with E-state index in [1.54, 1.807) is 0 Å². The van der Waals surface area contributed by atoms with Crippen molar-refractivity contribution in [3.8, 4) is 0 Å². The van der Waals surface area contributed by atoms with E-state index in [9.17, 15) is 13.0 Å². The van der Waals surface area contributed by atoms with Crippen LogP contribution in [0.3, 0.4) is 0 Å². The highest BCUT2D eigenvalue weighted by atomic mass is 32.3. The largest absolute Gasteiger partial charge is 0.726 e. The van der Waals surface area contributed by atoms with Gasteiger partial charge in [0.2, 0.25) is 10.4 Å². The van der Waals surface area contributed by atoms with Crippen molar-refractivity contribution in [1.29, 1.82) is 0 Å². The van der Waals surface area contributed by atoms with Gasteiger partial charge < -0.3 is 4.55 Å². The Bertz CT molecular complexity index is 598. The summed E-state index contributed by atoms with van der Waals surface area (Å²) in [5.41, 5.74) is 2.59. The van der Waals surface area contributed by atoms with Crippen LogP contribution < -0.4 is 4.48 Å². The molecule has 0 saturated heterocycles.